The number of rotatable bonds is 3. The van der Waals surface area contributed by atoms with E-state index in [2.05, 4.69) is 0 Å². The normalized spacial score (nSPS) is 9.21. The topological polar surface area (TPSA) is 50.1 Å². The zero-order chi connectivity index (χ0) is 10.6. The first kappa shape index (κ1) is 10.6. The molecule has 1 aromatic rings. The summed E-state index contributed by atoms with van der Waals surface area (Å²) in [7, 11) is 1.50. The molecule has 0 amide bonds. The lowest BCUT2D eigenvalue weighted by molar-refractivity contribution is -0.111. The van der Waals surface area contributed by atoms with Crippen molar-refractivity contribution < 1.29 is 9.53 Å². The first-order valence-corrected chi connectivity index (χ1v) is 4.30. The number of methoxy groups -OCH3 is 1. The summed E-state index contributed by atoms with van der Waals surface area (Å²) in [6.07, 6.45) is 0.0697. The van der Waals surface area contributed by atoms with E-state index in [0.717, 1.165) is 0 Å². The molecule has 0 atom stereocenters. The van der Waals surface area contributed by atoms with Gasteiger partial charge in [-0.2, -0.15) is 5.26 Å². The van der Waals surface area contributed by atoms with Gasteiger partial charge in [0.05, 0.1) is 25.2 Å². The van der Waals surface area contributed by atoms with E-state index < -0.39 is 5.24 Å². The smallest absolute Gasteiger partial charge is 0.226 e. The molecular formula is C10H8ClNO2. The third-order valence-corrected chi connectivity index (χ3v) is 1.87. The Morgan fingerprint density at radius 2 is 2.36 bits per heavy atom. The minimum atomic E-state index is -0.474. The molecule has 0 N–H and O–H groups in total. The number of hydrogen-bond donors (Lipinski definition) is 0. The summed E-state index contributed by atoms with van der Waals surface area (Å²) in [6, 6.07) is 6.85. The van der Waals surface area contributed by atoms with Crippen LogP contribution in [0.3, 0.4) is 0 Å². The second-order valence-electron chi connectivity index (χ2n) is 2.67. The quantitative estimate of drug-likeness (QED) is 0.715. The lowest BCUT2D eigenvalue weighted by atomic mass is 10.1. The van der Waals surface area contributed by atoms with Crippen molar-refractivity contribution in [1.82, 2.24) is 0 Å². The van der Waals surface area contributed by atoms with E-state index in [4.69, 9.17) is 21.6 Å². The van der Waals surface area contributed by atoms with Crippen molar-refractivity contribution in [2.24, 2.45) is 0 Å². The van der Waals surface area contributed by atoms with Crippen molar-refractivity contribution in [3.8, 4) is 11.8 Å². The van der Waals surface area contributed by atoms with Gasteiger partial charge in [0, 0.05) is 5.56 Å². The fourth-order valence-electron chi connectivity index (χ4n) is 1.14. The van der Waals surface area contributed by atoms with Crippen LogP contribution in [0.4, 0.5) is 0 Å². The van der Waals surface area contributed by atoms with Gasteiger partial charge in [0.2, 0.25) is 5.24 Å². The van der Waals surface area contributed by atoms with Crippen LogP contribution in [0.15, 0.2) is 18.2 Å². The predicted molar refractivity (Wildman–Crippen MR) is 52.3 cm³/mol. The molecule has 0 aromatic heterocycles. The van der Waals surface area contributed by atoms with Crippen LogP contribution in [-0.4, -0.2) is 12.4 Å². The van der Waals surface area contributed by atoms with Gasteiger partial charge in [-0.3, -0.25) is 4.79 Å². The summed E-state index contributed by atoms with van der Waals surface area (Å²) in [5, 5.41) is 8.18. The highest BCUT2D eigenvalue weighted by molar-refractivity contribution is 6.63. The molecule has 1 aromatic carbocycles. The van der Waals surface area contributed by atoms with Crippen molar-refractivity contribution in [2.45, 2.75) is 6.42 Å². The summed E-state index contributed by atoms with van der Waals surface area (Å²) in [5.74, 6) is 0.568. The highest BCUT2D eigenvalue weighted by atomic mass is 35.5. The van der Waals surface area contributed by atoms with Crippen LogP contribution in [-0.2, 0) is 11.2 Å². The summed E-state index contributed by atoms with van der Waals surface area (Å²) in [5.41, 5.74) is 1.12. The zero-order valence-corrected chi connectivity index (χ0v) is 8.34. The van der Waals surface area contributed by atoms with Crippen LogP contribution >= 0.6 is 11.6 Å². The number of halogens is 1. The predicted octanol–water partition coefficient (Wildman–Crippen LogP) is 1.87. The molecule has 72 valence electrons. The second-order valence-corrected chi connectivity index (χ2v) is 3.09. The first-order valence-electron chi connectivity index (χ1n) is 3.92. The Kier molecular flexibility index (Phi) is 3.49. The van der Waals surface area contributed by atoms with E-state index in [1.165, 1.54) is 7.11 Å². The molecular weight excluding hydrogens is 202 g/mol. The Morgan fingerprint density at radius 1 is 1.64 bits per heavy atom. The molecule has 1 rings (SSSR count). The monoisotopic (exact) mass is 209 g/mol. The molecule has 0 heterocycles. The van der Waals surface area contributed by atoms with Gasteiger partial charge in [-0.25, -0.2) is 0 Å². The van der Waals surface area contributed by atoms with Crippen LogP contribution < -0.4 is 4.74 Å². The lowest BCUT2D eigenvalue weighted by Gasteiger charge is -2.05. The van der Waals surface area contributed by atoms with Crippen molar-refractivity contribution in [3.05, 3.63) is 29.3 Å². The number of carbonyl (C=O) groups excluding carboxylic acids is 1. The third-order valence-electron chi connectivity index (χ3n) is 1.74. The molecule has 0 saturated carbocycles. The molecule has 0 aliphatic carbocycles. The minimum absolute atomic E-state index is 0.0697. The van der Waals surface area contributed by atoms with Gasteiger partial charge in [0.15, 0.2) is 0 Å². The summed E-state index contributed by atoms with van der Waals surface area (Å²) >= 11 is 5.26. The van der Waals surface area contributed by atoms with Crippen molar-refractivity contribution in [2.75, 3.05) is 7.11 Å². The molecule has 0 bridgehead atoms. The maximum atomic E-state index is 10.7. The molecule has 0 radical (unpaired) electrons. The Bertz CT molecular complexity index is 396. The van der Waals surface area contributed by atoms with Crippen molar-refractivity contribution >= 4 is 16.8 Å². The largest absolute Gasteiger partial charge is 0.496 e. The molecule has 14 heavy (non-hydrogen) atoms. The van der Waals surface area contributed by atoms with E-state index in [0.29, 0.717) is 16.9 Å². The van der Waals surface area contributed by atoms with Crippen LogP contribution in [0, 0.1) is 11.3 Å². The van der Waals surface area contributed by atoms with Gasteiger partial charge < -0.3 is 4.74 Å². The molecule has 3 nitrogen and oxygen atoms in total. The second kappa shape index (κ2) is 4.64. The van der Waals surface area contributed by atoms with E-state index in [9.17, 15) is 4.79 Å². The summed E-state index contributed by atoms with van der Waals surface area (Å²) in [4.78, 5) is 10.7. The summed E-state index contributed by atoms with van der Waals surface area (Å²) in [6.45, 7) is 0. The van der Waals surface area contributed by atoms with Gasteiger partial charge in [-0.15, -0.1) is 0 Å². The molecule has 0 saturated heterocycles. The third kappa shape index (κ3) is 2.48. The number of hydrogen-bond acceptors (Lipinski definition) is 3. The molecule has 0 spiro atoms. The molecule has 4 heteroatoms. The Labute approximate surface area is 86.9 Å². The van der Waals surface area contributed by atoms with Crippen LogP contribution in [0.5, 0.6) is 5.75 Å². The van der Waals surface area contributed by atoms with Crippen LogP contribution in [0.1, 0.15) is 11.1 Å². The number of ether oxygens (including phenoxy) is 1. The Balaban J connectivity index is 3.09. The fraction of sp³-hybridized carbons (Fsp3) is 0.200. The average molecular weight is 210 g/mol. The van der Waals surface area contributed by atoms with E-state index in [1.807, 2.05) is 6.07 Å². The number of nitrogens with zero attached hydrogens (tertiary/aromatic N) is 1. The van der Waals surface area contributed by atoms with Crippen molar-refractivity contribution in [3.63, 3.8) is 0 Å². The SMILES string of the molecule is COc1ccc(C#N)cc1CC(=O)Cl. The van der Waals surface area contributed by atoms with E-state index in [1.54, 1.807) is 18.2 Å². The van der Waals surface area contributed by atoms with Gasteiger partial charge in [-0.1, -0.05) is 0 Å². The van der Waals surface area contributed by atoms with Gasteiger partial charge >= 0.3 is 0 Å². The number of benzene rings is 1. The minimum Gasteiger partial charge on any atom is -0.496 e. The van der Waals surface area contributed by atoms with Crippen LogP contribution in [0.2, 0.25) is 0 Å². The van der Waals surface area contributed by atoms with Gasteiger partial charge in [-0.05, 0) is 29.8 Å². The molecule has 0 fully saturated rings. The zero-order valence-electron chi connectivity index (χ0n) is 7.58. The van der Waals surface area contributed by atoms with Crippen molar-refractivity contribution in [1.29, 1.82) is 5.26 Å². The van der Waals surface area contributed by atoms with E-state index in [-0.39, 0.29) is 6.42 Å². The average Bonchev–Trinajstić information content (AvgIpc) is 2.16. The fourth-order valence-corrected chi connectivity index (χ4v) is 1.28. The Morgan fingerprint density at radius 3 is 2.86 bits per heavy atom. The van der Waals surface area contributed by atoms with E-state index >= 15 is 0 Å². The molecule has 0 unspecified atom stereocenters. The van der Waals surface area contributed by atoms with Gasteiger partial charge in [0.1, 0.15) is 5.75 Å². The standard InChI is InChI=1S/C10H8ClNO2/c1-14-9-3-2-7(6-12)4-8(9)5-10(11)13/h2-4H,5H2,1H3. The van der Waals surface area contributed by atoms with Gasteiger partial charge in [0.25, 0.3) is 0 Å². The lowest BCUT2D eigenvalue weighted by Crippen LogP contribution is -1.98. The molecule has 0 aliphatic rings. The highest BCUT2D eigenvalue weighted by Gasteiger charge is 2.07. The first-order chi connectivity index (χ1) is 6.67. The summed E-state index contributed by atoms with van der Waals surface area (Å²) < 4.78 is 5.03. The maximum absolute atomic E-state index is 10.7. The Hall–Kier alpha value is -1.53. The highest BCUT2D eigenvalue weighted by Crippen LogP contribution is 2.20. The maximum Gasteiger partial charge on any atom is 0.226 e. The number of nitriles is 1. The molecule has 0 aliphatic heterocycles. The number of carbonyl (C=O) groups is 1. The van der Waals surface area contributed by atoms with Crippen LogP contribution in [0.25, 0.3) is 0 Å².